The van der Waals surface area contributed by atoms with Crippen LogP contribution in [0.2, 0.25) is 0 Å². The fourth-order valence-corrected chi connectivity index (χ4v) is 2.16. The van der Waals surface area contributed by atoms with Crippen molar-refractivity contribution in [3.8, 4) is 0 Å². The van der Waals surface area contributed by atoms with Gasteiger partial charge in [-0.3, -0.25) is 4.90 Å². The highest BCUT2D eigenvalue weighted by molar-refractivity contribution is 5.68. The van der Waals surface area contributed by atoms with Crippen molar-refractivity contribution in [1.82, 2.24) is 9.80 Å². The van der Waals surface area contributed by atoms with Gasteiger partial charge in [0.2, 0.25) is 0 Å². The molecule has 1 unspecified atom stereocenters. The van der Waals surface area contributed by atoms with Gasteiger partial charge in [-0.25, -0.2) is 4.79 Å². The predicted octanol–water partition coefficient (Wildman–Crippen LogP) is 1.70. The number of aliphatic hydroxyl groups excluding tert-OH is 1. The van der Waals surface area contributed by atoms with Crippen molar-refractivity contribution in [3.63, 3.8) is 0 Å². The second kappa shape index (κ2) is 6.57. The Morgan fingerprint density at radius 3 is 2.53 bits per heavy atom. The van der Waals surface area contributed by atoms with E-state index in [4.69, 9.17) is 4.74 Å². The molecule has 1 aliphatic heterocycles. The molecule has 0 aromatic heterocycles. The van der Waals surface area contributed by atoms with Crippen molar-refractivity contribution in [3.05, 3.63) is 0 Å². The number of carbonyl (C=O) groups excluding carboxylic acids is 1. The van der Waals surface area contributed by atoms with Crippen LogP contribution in [0.15, 0.2) is 0 Å². The maximum absolute atomic E-state index is 12.0. The van der Waals surface area contributed by atoms with Crippen molar-refractivity contribution in [2.45, 2.75) is 58.8 Å². The zero-order valence-corrected chi connectivity index (χ0v) is 12.8. The number of amides is 1. The molecule has 0 radical (unpaired) electrons. The Kier molecular flexibility index (Phi) is 5.62. The number of rotatable bonds is 3. The Morgan fingerprint density at radius 2 is 2.05 bits per heavy atom. The van der Waals surface area contributed by atoms with Gasteiger partial charge in [-0.1, -0.05) is 6.92 Å². The lowest BCUT2D eigenvalue weighted by Crippen LogP contribution is -2.55. The van der Waals surface area contributed by atoms with Crippen LogP contribution in [0.4, 0.5) is 4.79 Å². The molecular weight excluding hydrogens is 244 g/mol. The van der Waals surface area contributed by atoms with Crippen LogP contribution in [0, 0.1) is 0 Å². The first-order chi connectivity index (χ1) is 8.73. The Morgan fingerprint density at radius 1 is 1.42 bits per heavy atom. The van der Waals surface area contributed by atoms with Crippen LogP contribution in [0.25, 0.3) is 0 Å². The van der Waals surface area contributed by atoms with E-state index in [1.165, 1.54) is 0 Å². The molecule has 0 aromatic rings. The fourth-order valence-electron chi connectivity index (χ4n) is 2.16. The van der Waals surface area contributed by atoms with Crippen LogP contribution in [-0.2, 0) is 4.74 Å². The minimum atomic E-state index is -0.449. The Labute approximate surface area is 116 Å². The lowest BCUT2D eigenvalue weighted by molar-refractivity contribution is -0.00192. The van der Waals surface area contributed by atoms with E-state index in [2.05, 4.69) is 11.8 Å². The van der Waals surface area contributed by atoms with E-state index in [1.54, 1.807) is 4.90 Å². The van der Waals surface area contributed by atoms with E-state index in [0.717, 1.165) is 13.0 Å². The van der Waals surface area contributed by atoms with E-state index >= 15 is 0 Å². The third-order valence-corrected chi connectivity index (χ3v) is 3.33. The summed E-state index contributed by atoms with van der Waals surface area (Å²) in [6.07, 6.45) is 0.240. The lowest BCUT2D eigenvalue weighted by atomic mass is 10.1. The second-order valence-electron chi connectivity index (χ2n) is 6.33. The van der Waals surface area contributed by atoms with Gasteiger partial charge in [0, 0.05) is 32.2 Å². The molecule has 5 nitrogen and oxygen atoms in total. The average molecular weight is 272 g/mol. The SMILES string of the molecule is CC[C@@H](O)CN1CCN(C(=O)OC(C)(C)C)CC1C. The molecule has 0 bridgehead atoms. The summed E-state index contributed by atoms with van der Waals surface area (Å²) in [7, 11) is 0. The summed E-state index contributed by atoms with van der Waals surface area (Å²) in [6, 6.07) is 0.252. The van der Waals surface area contributed by atoms with Gasteiger partial charge in [-0.05, 0) is 34.1 Å². The number of β-amino-alcohol motifs (C(OH)–C–C–N with tert-alkyl or cyclic N) is 1. The number of ether oxygens (including phenoxy) is 1. The van der Waals surface area contributed by atoms with Gasteiger partial charge in [0.05, 0.1) is 6.10 Å². The van der Waals surface area contributed by atoms with E-state index in [0.29, 0.717) is 19.6 Å². The van der Waals surface area contributed by atoms with Gasteiger partial charge in [-0.2, -0.15) is 0 Å². The number of aliphatic hydroxyl groups is 1. The standard InChI is InChI=1S/C14H28N2O3/c1-6-12(17)10-15-7-8-16(9-11(15)2)13(18)19-14(3,4)5/h11-12,17H,6-10H2,1-5H3/t11?,12-/m1/s1. The second-order valence-corrected chi connectivity index (χ2v) is 6.33. The Balaban J connectivity index is 2.47. The minimum Gasteiger partial charge on any atom is -0.444 e. The summed E-state index contributed by atoms with van der Waals surface area (Å²) in [5.74, 6) is 0. The summed E-state index contributed by atoms with van der Waals surface area (Å²) < 4.78 is 5.38. The predicted molar refractivity (Wildman–Crippen MR) is 75.1 cm³/mol. The number of carbonyl (C=O) groups is 1. The summed E-state index contributed by atoms with van der Waals surface area (Å²) >= 11 is 0. The molecule has 0 aromatic carbocycles. The third kappa shape index (κ3) is 5.37. The molecule has 2 atom stereocenters. The van der Waals surface area contributed by atoms with Gasteiger partial charge in [0.25, 0.3) is 0 Å². The molecule has 1 amide bonds. The van der Waals surface area contributed by atoms with E-state index in [1.807, 2.05) is 27.7 Å². The molecule has 0 aliphatic carbocycles. The first-order valence-electron chi connectivity index (χ1n) is 7.13. The zero-order valence-electron chi connectivity index (χ0n) is 12.8. The molecule has 0 saturated carbocycles. The summed E-state index contributed by atoms with van der Waals surface area (Å²) in [5, 5.41) is 9.71. The highest BCUT2D eigenvalue weighted by Crippen LogP contribution is 2.15. The quantitative estimate of drug-likeness (QED) is 0.849. The highest BCUT2D eigenvalue weighted by atomic mass is 16.6. The van der Waals surface area contributed by atoms with Gasteiger partial charge in [0.15, 0.2) is 0 Å². The molecule has 0 spiro atoms. The van der Waals surface area contributed by atoms with Gasteiger partial charge in [-0.15, -0.1) is 0 Å². The topological polar surface area (TPSA) is 53.0 Å². The lowest BCUT2D eigenvalue weighted by Gasteiger charge is -2.40. The molecule has 1 saturated heterocycles. The smallest absolute Gasteiger partial charge is 0.410 e. The largest absolute Gasteiger partial charge is 0.444 e. The molecule has 19 heavy (non-hydrogen) atoms. The van der Waals surface area contributed by atoms with E-state index in [-0.39, 0.29) is 18.2 Å². The van der Waals surface area contributed by atoms with E-state index in [9.17, 15) is 9.90 Å². The van der Waals surface area contributed by atoms with Crippen LogP contribution in [0.1, 0.15) is 41.0 Å². The summed E-state index contributed by atoms with van der Waals surface area (Å²) in [4.78, 5) is 16.0. The van der Waals surface area contributed by atoms with Crippen LogP contribution in [0.5, 0.6) is 0 Å². The highest BCUT2D eigenvalue weighted by Gasteiger charge is 2.30. The monoisotopic (exact) mass is 272 g/mol. The zero-order chi connectivity index (χ0) is 14.6. The van der Waals surface area contributed by atoms with Crippen molar-refractivity contribution >= 4 is 6.09 Å². The van der Waals surface area contributed by atoms with E-state index < -0.39 is 5.60 Å². The maximum Gasteiger partial charge on any atom is 0.410 e. The van der Waals surface area contributed by atoms with Crippen LogP contribution in [0.3, 0.4) is 0 Å². The van der Waals surface area contributed by atoms with Gasteiger partial charge in [0.1, 0.15) is 5.60 Å². The molecule has 1 aliphatic rings. The van der Waals surface area contributed by atoms with Crippen molar-refractivity contribution in [1.29, 1.82) is 0 Å². The average Bonchev–Trinajstić information content (AvgIpc) is 2.29. The third-order valence-electron chi connectivity index (χ3n) is 3.33. The van der Waals surface area contributed by atoms with Gasteiger partial charge < -0.3 is 14.7 Å². The minimum absolute atomic E-state index is 0.241. The van der Waals surface area contributed by atoms with Crippen molar-refractivity contribution in [2.24, 2.45) is 0 Å². The maximum atomic E-state index is 12.0. The van der Waals surface area contributed by atoms with Crippen molar-refractivity contribution in [2.75, 3.05) is 26.2 Å². The van der Waals surface area contributed by atoms with Crippen molar-refractivity contribution < 1.29 is 14.6 Å². The first kappa shape index (κ1) is 16.2. The normalized spacial score (nSPS) is 23.3. The molecular formula is C14H28N2O3. The number of hydrogen-bond donors (Lipinski definition) is 1. The molecule has 1 rings (SSSR count). The summed E-state index contributed by atoms with van der Waals surface area (Å²) in [5.41, 5.74) is -0.449. The molecule has 5 heteroatoms. The molecule has 1 N–H and O–H groups in total. The molecule has 1 fully saturated rings. The van der Waals surface area contributed by atoms with Crippen LogP contribution in [-0.4, -0.2) is 64.9 Å². The Bertz CT molecular complexity index is 302. The number of nitrogens with zero attached hydrogens (tertiary/aromatic N) is 2. The summed E-state index contributed by atoms with van der Waals surface area (Å²) in [6.45, 7) is 12.5. The first-order valence-corrected chi connectivity index (χ1v) is 7.13. The van der Waals surface area contributed by atoms with Crippen LogP contribution < -0.4 is 0 Å². The van der Waals surface area contributed by atoms with Gasteiger partial charge >= 0.3 is 6.09 Å². The Hall–Kier alpha value is -0.810. The molecule has 1 heterocycles. The number of piperazine rings is 1. The molecule has 112 valence electrons. The fraction of sp³-hybridized carbons (Fsp3) is 0.929. The number of hydrogen-bond acceptors (Lipinski definition) is 4. The van der Waals surface area contributed by atoms with Crippen LogP contribution >= 0.6 is 0 Å².